The van der Waals surface area contributed by atoms with Crippen molar-refractivity contribution >= 4 is 28.1 Å². The number of hydrogen-bond donors (Lipinski definition) is 2. The molecule has 27 heavy (non-hydrogen) atoms. The van der Waals surface area contributed by atoms with E-state index in [-0.39, 0.29) is 17.2 Å². The Morgan fingerprint density at radius 1 is 1.15 bits per heavy atom. The molecule has 2 N–H and O–H groups in total. The molecule has 0 saturated carbocycles. The molecule has 0 saturated heterocycles. The highest BCUT2D eigenvalue weighted by atomic mass is 79.9. The van der Waals surface area contributed by atoms with Gasteiger partial charge >= 0.3 is 0 Å². The SMILES string of the molecule is N#Cc1ccc(C=NNc2nc(-c3ccccc3)c(C#N)c(=O)[nH]2)cc1Br. The van der Waals surface area contributed by atoms with Gasteiger partial charge in [0.15, 0.2) is 0 Å². The molecule has 130 valence electrons. The van der Waals surface area contributed by atoms with E-state index in [1.807, 2.05) is 12.1 Å². The summed E-state index contributed by atoms with van der Waals surface area (Å²) < 4.78 is 0.658. The molecular formula is C19H11BrN6O. The van der Waals surface area contributed by atoms with Crippen molar-refractivity contribution in [1.29, 1.82) is 10.5 Å². The lowest BCUT2D eigenvalue weighted by Crippen LogP contribution is -2.16. The van der Waals surface area contributed by atoms with E-state index in [9.17, 15) is 10.1 Å². The van der Waals surface area contributed by atoms with Gasteiger partial charge < -0.3 is 0 Å². The second kappa shape index (κ2) is 8.09. The van der Waals surface area contributed by atoms with E-state index in [0.717, 1.165) is 5.56 Å². The van der Waals surface area contributed by atoms with Gasteiger partial charge in [0.25, 0.3) is 5.56 Å². The number of halogens is 1. The molecule has 7 nitrogen and oxygen atoms in total. The van der Waals surface area contributed by atoms with Crippen molar-refractivity contribution in [3.8, 4) is 23.4 Å². The Labute approximate surface area is 162 Å². The first-order valence-corrected chi connectivity index (χ1v) is 8.50. The number of nitrogens with zero attached hydrogens (tertiary/aromatic N) is 4. The van der Waals surface area contributed by atoms with Crippen LogP contribution < -0.4 is 11.0 Å². The first-order chi connectivity index (χ1) is 13.1. The third-order valence-electron chi connectivity index (χ3n) is 3.58. The maximum absolute atomic E-state index is 12.2. The van der Waals surface area contributed by atoms with Crippen molar-refractivity contribution in [1.82, 2.24) is 9.97 Å². The van der Waals surface area contributed by atoms with Gasteiger partial charge in [-0.15, -0.1) is 0 Å². The number of nitriles is 2. The third-order valence-corrected chi connectivity index (χ3v) is 4.23. The van der Waals surface area contributed by atoms with Crippen LogP contribution in [0.1, 0.15) is 16.7 Å². The van der Waals surface area contributed by atoms with E-state index < -0.39 is 5.56 Å². The average Bonchev–Trinajstić information content (AvgIpc) is 2.68. The summed E-state index contributed by atoms with van der Waals surface area (Å²) in [4.78, 5) is 18.9. The summed E-state index contributed by atoms with van der Waals surface area (Å²) in [6, 6.07) is 18.1. The number of rotatable bonds is 4. The van der Waals surface area contributed by atoms with Crippen molar-refractivity contribution in [3.63, 3.8) is 0 Å². The summed E-state index contributed by atoms with van der Waals surface area (Å²) in [6.07, 6.45) is 1.52. The van der Waals surface area contributed by atoms with E-state index in [2.05, 4.69) is 42.5 Å². The smallest absolute Gasteiger partial charge is 0.270 e. The molecule has 0 fully saturated rings. The van der Waals surface area contributed by atoms with Crippen molar-refractivity contribution in [2.45, 2.75) is 0 Å². The number of aromatic nitrogens is 2. The summed E-state index contributed by atoms with van der Waals surface area (Å²) in [6.45, 7) is 0. The highest BCUT2D eigenvalue weighted by Gasteiger charge is 2.12. The molecule has 1 heterocycles. The molecule has 2 aromatic carbocycles. The summed E-state index contributed by atoms with van der Waals surface area (Å²) >= 11 is 3.31. The quantitative estimate of drug-likeness (QED) is 0.497. The lowest BCUT2D eigenvalue weighted by Gasteiger charge is -2.06. The standard InChI is InChI=1S/C19H11BrN6O/c20-16-8-12(6-7-14(16)9-21)11-23-26-19-24-17(13-4-2-1-3-5-13)15(10-22)18(27)25-19/h1-8,11H,(H2,24,25,26,27). The van der Waals surface area contributed by atoms with Gasteiger partial charge in [-0.05, 0) is 33.6 Å². The lowest BCUT2D eigenvalue weighted by molar-refractivity contribution is 1.08. The van der Waals surface area contributed by atoms with Gasteiger partial charge in [0.05, 0.1) is 17.5 Å². The maximum atomic E-state index is 12.2. The Kier molecular flexibility index (Phi) is 5.41. The van der Waals surface area contributed by atoms with Crippen LogP contribution in [-0.2, 0) is 0 Å². The summed E-state index contributed by atoms with van der Waals surface area (Å²) in [5.74, 6) is 0.113. The summed E-state index contributed by atoms with van der Waals surface area (Å²) in [5.41, 5.74) is 4.24. The number of H-pyrrole nitrogens is 1. The summed E-state index contributed by atoms with van der Waals surface area (Å²) in [5, 5.41) is 22.2. The zero-order valence-corrected chi connectivity index (χ0v) is 15.4. The number of hydrogen-bond acceptors (Lipinski definition) is 6. The number of nitrogens with one attached hydrogen (secondary N) is 2. The Hall–Kier alpha value is -3.75. The van der Waals surface area contributed by atoms with Crippen LogP contribution in [0.15, 0.2) is 62.9 Å². The van der Waals surface area contributed by atoms with Crippen LogP contribution in [0.4, 0.5) is 5.95 Å². The first-order valence-electron chi connectivity index (χ1n) is 7.71. The topological polar surface area (TPSA) is 118 Å². The lowest BCUT2D eigenvalue weighted by atomic mass is 10.1. The molecule has 0 amide bonds. The predicted octanol–water partition coefficient (Wildman–Crippen LogP) is 3.39. The highest BCUT2D eigenvalue weighted by Crippen LogP contribution is 2.19. The number of benzene rings is 2. The zero-order valence-electron chi connectivity index (χ0n) is 13.8. The van der Waals surface area contributed by atoms with Crippen molar-refractivity contribution < 1.29 is 0 Å². The van der Waals surface area contributed by atoms with E-state index in [1.165, 1.54) is 6.21 Å². The maximum Gasteiger partial charge on any atom is 0.270 e. The second-order valence-corrected chi connectivity index (χ2v) is 6.19. The fourth-order valence-electron chi connectivity index (χ4n) is 2.31. The van der Waals surface area contributed by atoms with E-state index >= 15 is 0 Å². The molecule has 0 aliphatic carbocycles. The molecule has 0 bridgehead atoms. The van der Waals surface area contributed by atoms with Crippen LogP contribution in [0.25, 0.3) is 11.3 Å². The van der Waals surface area contributed by atoms with Gasteiger partial charge in [-0.1, -0.05) is 36.4 Å². The predicted molar refractivity (Wildman–Crippen MR) is 105 cm³/mol. The van der Waals surface area contributed by atoms with Crippen LogP contribution in [0.2, 0.25) is 0 Å². The molecule has 3 aromatic rings. The third kappa shape index (κ3) is 4.09. The highest BCUT2D eigenvalue weighted by molar-refractivity contribution is 9.10. The number of anilines is 1. The minimum atomic E-state index is -0.551. The Morgan fingerprint density at radius 3 is 2.59 bits per heavy atom. The fraction of sp³-hybridized carbons (Fsp3) is 0. The molecule has 8 heteroatoms. The number of aromatic amines is 1. The molecule has 0 unspecified atom stereocenters. The minimum absolute atomic E-state index is 0.0632. The van der Waals surface area contributed by atoms with Crippen molar-refractivity contribution in [3.05, 3.63) is 80.0 Å². The molecule has 0 aliphatic heterocycles. The zero-order chi connectivity index (χ0) is 19.2. The van der Waals surface area contributed by atoms with Gasteiger partial charge in [-0.3, -0.25) is 9.78 Å². The molecule has 0 atom stereocenters. The van der Waals surface area contributed by atoms with Gasteiger partial charge in [0.1, 0.15) is 17.7 Å². The Bertz CT molecular complexity index is 1160. The molecular weight excluding hydrogens is 408 g/mol. The van der Waals surface area contributed by atoms with Crippen LogP contribution >= 0.6 is 15.9 Å². The van der Waals surface area contributed by atoms with Gasteiger partial charge in [-0.25, -0.2) is 10.4 Å². The van der Waals surface area contributed by atoms with Crippen LogP contribution in [-0.4, -0.2) is 16.2 Å². The van der Waals surface area contributed by atoms with Gasteiger partial charge in [-0.2, -0.15) is 15.6 Å². The molecule has 1 aromatic heterocycles. The molecule has 0 radical (unpaired) electrons. The number of hydrazone groups is 1. The van der Waals surface area contributed by atoms with E-state index in [4.69, 9.17) is 5.26 Å². The van der Waals surface area contributed by atoms with Crippen LogP contribution in [0, 0.1) is 22.7 Å². The van der Waals surface area contributed by atoms with Crippen molar-refractivity contribution in [2.75, 3.05) is 5.43 Å². The van der Waals surface area contributed by atoms with Crippen molar-refractivity contribution in [2.24, 2.45) is 5.10 Å². The molecule has 0 aliphatic rings. The summed E-state index contributed by atoms with van der Waals surface area (Å²) in [7, 11) is 0. The Morgan fingerprint density at radius 2 is 1.93 bits per heavy atom. The molecule has 3 rings (SSSR count). The average molecular weight is 419 g/mol. The monoisotopic (exact) mass is 418 g/mol. The van der Waals surface area contributed by atoms with Gasteiger partial charge in [0, 0.05) is 10.0 Å². The normalized spacial score (nSPS) is 10.3. The van der Waals surface area contributed by atoms with Gasteiger partial charge in [0.2, 0.25) is 5.95 Å². The first kappa shape index (κ1) is 18.1. The molecule has 0 spiro atoms. The van der Waals surface area contributed by atoms with Crippen LogP contribution in [0.3, 0.4) is 0 Å². The minimum Gasteiger partial charge on any atom is -0.290 e. The van der Waals surface area contributed by atoms with E-state index in [1.54, 1.807) is 42.5 Å². The van der Waals surface area contributed by atoms with E-state index in [0.29, 0.717) is 15.6 Å². The van der Waals surface area contributed by atoms with Crippen LogP contribution in [0.5, 0.6) is 0 Å². The second-order valence-electron chi connectivity index (χ2n) is 5.34. The fourth-order valence-corrected chi connectivity index (χ4v) is 2.79. The Balaban J connectivity index is 1.89. The largest absolute Gasteiger partial charge is 0.290 e.